The van der Waals surface area contributed by atoms with E-state index in [4.69, 9.17) is 4.74 Å². The van der Waals surface area contributed by atoms with Crippen LogP contribution in [0.5, 0.6) is 5.75 Å². The highest BCUT2D eigenvalue weighted by Gasteiger charge is 2.21. The van der Waals surface area contributed by atoms with Crippen LogP contribution in [0.4, 0.5) is 4.39 Å². The largest absolute Gasteiger partial charge is 0.493 e. The Morgan fingerprint density at radius 3 is 2.44 bits per heavy atom. The quantitative estimate of drug-likeness (QED) is 0.252. The van der Waals surface area contributed by atoms with E-state index in [0.29, 0.717) is 12.4 Å². The lowest BCUT2D eigenvalue weighted by Gasteiger charge is -2.28. The zero-order valence-corrected chi connectivity index (χ0v) is 17.4. The van der Waals surface area contributed by atoms with Crippen LogP contribution in [0.3, 0.4) is 0 Å². The summed E-state index contributed by atoms with van der Waals surface area (Å²) < 4.78 is 20.0. The fourth-order valence-electron chi connectivity index (χ4n) is 4.25. The molecule has 0 aliphatic heterocycles. The molecule has 0 aromatic heterocycles. The molecule has 0 atom stereocenters. The number of hydrogen-bond donors (Lipinski definition) is 0. The van der Waals surface area contributed by atoms with E-state index < -0.39 is 0 Å². The first kappa shape index (κ1) is 22.0. The fraction of sp³-hybridized carbons (Fsp3) is 0.680. The second kappa shape index (κ2) is 13.0. The average molecular weight is 375 g/mol. The van der Waals surface area contributed by atoms with Gasteiger partial charge in [-0.05, 0) is 55.6 Å². The lowest BCUT2D eigenvalue weighted by molar-refractivity contribution is 0.248. The van der Waals surface area contributed by atoms with Crippen LogP contribution in [0.25, 0.3) is 0 Å². The van der Waals surface area contributed by atoms with E-state index in [9.17, 15) is 4.39 Å². The molecule has 0 saturated heterocycles. The number of benzene rings is 1. The Morgan fingerprint density at radius 2 is 1.78 bits per heavy atom. The van der Waals surface area contributed by atoms with Crippen molar-refractivity contribution in [3.63, 3.8) is 0 Å². The average Bonchev–Trinajstić information content (AvgIpc) is 2.68. The van der Waals surface area contributed by atoms with Gasteiger partial charge in [-0.2, -0.15) is 0 Å². The molecule has 1 fully saturated rings. The van der Waals surface area contributed by atoms with Gasteiger partial charge in [0.2, 0.25) is 0 Å². The number of halogens is 1. The Balaban J connectivity index is 1.66. The predicted molar refractivity (Wildman–Crippen MR) is 114 cm³/mol. The topological polar surface area (TPSA) is 9.23 Å². The highest BCUT2D eigenvalue weighted by Crippen LogP contribution is 2.34. The van der Waals surface area contributed by atoms with E-state index in [1.807, 2.05) is 18.2 Å². The van der Waals surface area contributed by atoms with Gasteiger partial charge >= 0.3 is 0 Å². The molecule has 0 unspecified atom stereocenters. The smallest absolute Gasteiger partial charge is 0.130 e. The first-order valence-corrected chi connectivity index (χ1v) is 11.2. The molecule has 1 saturated carbocycles. The van der Waals surface area contributed by atoms with Gasteiger partial charge in [-0.1, -0.05) is 70.4 Å². The van der Waals surface area contributed by atoms with Gasteiger partial charge in [-0.3, -0.25) is 0 Å². The molecule has 1 aliphatic carbocycles. The third-order valence-electron chi connectivity index (χ3n) is 6.10. The summed E-state index contributed by atoms with van der Waals surface area (Å²) in [5.41, 5.74) is 0.846. The normalized spacial score (nSPS) is 19.8. The summed E-state index contributed by atoms with van der Waals surface area (Å²) in [6.45, 7) is 6.64. The number of ether oxygens (including phenoxy) is 1. The molecule has 2 heteroatoms. The number of aryl methyl sites for hydroxylation is 1. The molecule has 27 heavy (non-hydrogen) atoms. The van der Waals surface area contributed by atoms with Crippen molar-refractivity contribution in [1.82, 2.24) is 0 Å². The van der Waals surface area contributed by atoms with Crippen molar-refractivity contribution in [1.29, 1.82) is 0 Å². The van der Waals surface area contributed by atoms with Crippen LogP contribution in [0.2, 0.25) is 0 Å². The standard InChI is InChI=1S/C25H39FO/c1-3-5-7-9-19-27-24-18-17-23(25(26)20-24)16-15-22-13-11-21(12-14-22)10-8-6-4-2/h3,17-18,20-22H,1,4-16,19H2,2H3/t21-,22-. The molecule has 1 aliphatic rings. The van der Waals surface area contributed by atoms with Gasteiger partial charge in [0, 0.05) is 6.07 Å². The fourth-order valence-corrected chi connectivity index (χ4v) is 4.25. The predicted octanol–water partition coefficient (Wildman–Crippen LogP) is 7.88. The van der Waals surface area contributed by atoms with E-state index in [0.717, 1.165) is 49.5 Å². The van der Waals surface area contributed by atoms with Crippen LogP contribution in [0.15, 0.2) is 30.9 Å². The summed E-state index contributed by atoms with van der Waals surface area (Å²) in [7, 11) is 0. The van der Waals surface area contributed by atoms with Crippen molar-refractivity contribution in [3.05, 3.63) is 42.2 Å². The Morgan fingerprint density at radius 1 is 1.04 bits per heavy atom. The van der Waals surface area contributed by atoms with E-state index >= 15 is 0 Å². The van der Waals surface area contributed by atoms with Gasteiger partial charge in [0.1, 0.15) is 11.6 Å². The second-order valence-electron chi connectivity index (χ2n) is 8.31. The minimum Gasteiger partial charge on any atom is -0.493 e. The summed E-state index contributed by atoms with van der Waals surface area (Å²) in [6, 6.07) is 5.41. The van der Waals surface area contributed by atoms with Gasteiger partial charge in [0.25, 0.3) is 0 Å². The summed E-state index contributed by atoms with van der Waals surface area (Å²) >= 11 is 0. The monoisotopic (exact) mass is 374 g/mol. The number of hydrogen-bond acceptors (Lipinski definition) is 1. The first-order valence-electron chi connectivity index (χ1n) is 11.2. The Kier molecular flexibility index (Phi) is 10.6. The van der Waals surface area contributed by atoms with Crippen molar-refractivity contribution in [2.75, 3.05) is 6.61 Å². The third kappa shape index (κ3) is 8.49. The summed E-state index contributed by atoms with van der Waals surface area (Å²) in [5, 5.41) is 0. The molecule has 0 heterocycles. The number of unbranched alkanes of at least 4 members (excludes halogenated alkanes) is 4. The first-order chi connectivity index (χ1) is 13.2. The van der Waals surface area contributed by atoms with Crippen LogP contribution in [0.1, 0.15) is 89.5 Å². The molecule has 0 bridgehead atoms. The van der Waals surface area contributed by atoms with Crippen LogP contribution in [0, 0.1) is 17.7 Å². The maximum atomic E-state index is 14.4. The SMILES string of the molecule is C=CCCCCOc1ccc(CC[C@H]2CC[C@H](CCCCC)CC2)c(F)c1. The molecule has 0 spiro atoms. The molecular formula is C25H39FO. The molecule has 0 amide bonds. The van der Waals surface area contributed by atoms with Crippen molar-refractivity contribution in [2.45, 2.75) is 90.4 Å². The maximum Gasteiger partial charge on any atom is 0.130 e. The zero-order valence-electron chi connectivity index (χ0n) is 17.4. The summed E-state index contributed by atoms with van der Waals surface area (Å²) in [5.74, 6) is 2.29. The minimum absolute atomic E-state index is 0.105. The highest BCUT2D eigenvalue weighted by atomic mass is 19.1. The number of allylic oxidation sites excluding steroid dienone is 1. The molecule has 152 valence electrons. The van der Waals surface area contributed by atoms with Gasteiger partial charge in [0.15, 0.2) is 0 Å². The van der Waals surface area contributed by atoms with E-state index in [1.54, 1.807) is 6.07 Å². The van der Waals surface area contributed by atoms with Crippen LogP contribution in [-0.4, -0.2) is 6.61 Å². The van der Waals surface area contributed by atoms with Crippen molar-refractivity contribution >= 4 is 0 Å². The zero-order chi connectivity index (χ0) is 19.3. The highest BCUT2D eigenvalue weighted by molar-refractivity contribution is 5.29. The van der Waals surface area contributed by atoms with Crippen molar-refractivity contribution in [3.8, 4) is 5.75 Å². The molecule has 1 aromatic rings. The van der Waals surface area contributed by atoms with E-state index in [1.165, 1.54) is 51.4 Å². The number of rotatable bonds is 13. The third-order valence-corrected chi connectivity index (χ3v) is 6.10. The summed E-state index contributed by atoms with van der Waals surface area (Å²) in [4.78, 5) is 0. The molecule has 0 N–H and O–H groups in total. The van der Waals surface area contributed by atoms with Crippen LogP contribution >= 0.6 is 0 Å². The van der Waals surface area contributed by atoms with Crippen molar-refractivity contribution < 1.29 is 9.13 Å². The Bertz CT molecular complexity index is 531. The molecule has 0 radical (unpaired) electrons. The molecule has 1 nitrogen and oxygen atoms in total. The van der Waals surface area contributed by atoms with Crippen LogP contribution < -0.4 is 4.74 Å². The van der Waals surface area contributed by atoms with Crippen LogP contribution in [-0.2, 0) is 6.42 Å². The van der Waals surface area contributed by atoms with Gasteiger partial charge in [-0.15, -0.1) is 6.58 Å². The molecule has 1 aromatic carbocycles. The van der Waals surface area contributed by atoms with E-state index in [2.05, 4.69) is 13.5 Å². The maximum absolute atomic E-state index is 14.4. The van der Waals surface area contributed by atoms with Gasteiger partial charge < -0.3 is 4.74 Å². The molecular weight excluding hydrogens is 335 g/mol. The molecule has 2 rings (SSSR count). The van der Waals surface area contributed by atoms with Gasteiger partial charge in [-0.25, -0.2) is 4.39 Å². The lowest BCUT2D eigenvalue weighted by atomic mass is 9.78. The Hall–Kier alpha value is -1.31. The van der Waals surface area contributed by atoms with Gasteiger partial charge in [0.05, 0.1) is 6.61 Å². The summed E-state index contributed by atoms with van der Waals surface area (Å²) in [6.07, 6.45) is 17.9. The van der Waals surface area contributed by atoms with E-state index in [-0.39, 0.29) is 5.82 Å². The lowest BCUT2D eigenvalue weighted by Crippen LogP contribution is -2.15. The Labute approximate surface area is 166 Å². The second-order valence-corrected chi connectivity index (χ2v) is 8.31. The van der Waals surface area contributed by atoms with Crippen molar-refractivity contribution in [2.24, 2.45) is 11.8 Å². The minimum atomic E-state index is -0.105.